The van der Waals surface area contributed by atoms with Crippen LogP contribution in [0, 0.1) is 0 Å². The first-order valence-corrected chi connectivity index (χ1v) is 9.59. The number of halogens is 1. The molecule has 0 aromatic heterocycles. The molecule has 0 saturated carbocycles. The second-order valence-electron chi connectivity index (χ2n) is 3.86. The van der Waals surface area contributed by atoms with E-state index in [9.17, 15) is 16.8 Å². The largest absolute Gasteiger partial charge is 0.229 e. The number of rotatable bonds is 6. The molecule has 0 aliphatic rings. The fourth-order valence-corrected chi connectivity index (χ4v) is 4.20. The van der Waals surface area contributed by atoms with E-state index in [1.165, 1.54) is 0 Å². The SMILES string of the molecule is CS(=O)(=O)CCS(=O)(=O)NCc1ccccc1Br. The first-order chi connectivity index (χ1) is 8.20. The molecule has 0 amide bonds. The third-order valence-electron chi connectivity index (χ3n) is 2.16. The Labute approximate surface area is 116 Å². The molecule has 0 heterocycles. The van der Waals surface area contributed by atoms with E-state index >= 15 is 0 Å². The van der Waals surface area contributed by atoms with Gasteiger partial charge < -0.3 is 0 Å². The molecule has 0 aliphatic heterocycles. The van der Waals surface area contributed by atoms with E-state index in [4.69, 9.17) is 0 Å². The molecule has 102 valence electrons. The quantitative estimate of drug-likeness (QED) is 0.822. The van der Waals surface area contributed by atoms with Crippen LogP contribution in [0.4, 0.5) is 0 Å². The summed E-state index contributed by atoms with van der Waals surface area (Å²) < 4.78 is 48.1. The zero-order valence-electron chi connectivity index (χ0n) is 9.76. The third-order valence-corrected chi connectivity index (χ3v) is 5.47. The molecular weight excluding hydrogens is 342 g/mol. The minimum atomic E-state index is -3.58. The number of hydrogen-bond acceptors (Lipinski definition) is 4. The maximum absolute atomic E-state index is 11.6. The van der Waals surface area contributed by atoms with Gasteiger partial charge in [0.1, 0.15) is 9.84 Å². The zero-order valence-corrected chi connectivity index (χ0v) is 13.0. The maximum Gasteiger partial charge on any atom is 0.212 e. The van der Waals surface area contributed by atoms with Crippen LogP contribution in [0.3, 0.4) is 0 Å². The van der Waals surface area contributed by atoms with E-state index < -0.39 is 25.6 Å². The molecule has 0 unspecified atom stereocenters. The highest BCUT2D eigenvalue weighted by Gasteiger charge is 2.14. The molecule has 0 saturated heterocycles. The molecule has 0 fully saturated rings. The highest BCUT2D eigenvalue weighted by molar-refractivity contribution is 9.10. The summed E-state index contributed by atoms with van der Waals surface area (Å²) in [5.74, 6) is -0.797. The van der Waals surface area contributed by atoms with E-state index in [-0.39, 0.29) is 12.3 Å². The highest BCUT2D eigenvalue weighted by Crippen LogP contribution is 2.15. The Morgan fingerprint density at radius 1 is 1.11 bits per heavy atom. The van der Waals surface area contributed by atoms with Crippen LogP contribution >= 0.6 is 15.9 Å². The van der Waals surface area contributed by atoms with E-state index in [1.807, 2.05) is 6.07 Å². The lowest BCUT2D eigenvalue weighted by atomic mass is 10.2. The van der Waals surface area contributed by atoms with Crippen LogP contribution in [0.1, 0.15) is 5.56 Å². The lowest BCUT2D eigenvalue weighted by Crippen LogP contribution is -2.29. The third kappa shape index (κ3) is 5.94. The Balaban J connectivity index is 2.60. The molecule has 1 N–H and O–H groups in total. The summed E-state index contributed by atoms with van der Waals surface area (Å²) in [7, 11) is -6.86. The van der Waals surface area contributed by atoms with Crippen molar-refractivity contribution >= 4 is 35.8 Å². The van der Waals surface area contributed by atoms with Gasteiger partial charge in [-0.3, -0.25) is 0 Å². The number of sulfone groups is 1. The fraction of sp³-hybridized carbons (Fsp3) is 0.400. The molecule has 0 radical (unpaired) electrons. The number of hydrogen-bond donors (Lipinski definition) is 1. The van der Waals surface area contributed by atoms with Crippen molar-refractivity contribution in [3.8, 4) is 0 Å². The van der Waals surface area contributed by atoms with E-state index in [0.29, 0.717) is 0 Å². The summed E-state index contributed by atoms with van der Waals surface area (Å²) in [6.07, 6.45) is 1.01. The molecule has 0 aliphatic carbocycles. The van der Waals surface area contributed by atoms with Gasteiger partial charge in [0.05, 0.1) is 11.5 Å². The Morgan fingerprint density at radius 2 is 1.72 bits per heavy atom. The molecule has 18 heavy (non-hydrogen) atoms. The Hall–Kier alpha value is -0.440. The lowest BCUT2D eigenvalue weighted by Gasteiger charge is -2.07. The minimum Gasteiger partial charge on any atom is -0.229 e. The van der Waals surface area contributed by atoms with Crippen molar-refractivity contribution in [2.75, 3.05) is 17.8 Å². The van der Waals surface area contributed by atoms with Gasteiger partial charge in [0.25, 0.3) is 0 Å². The Morgan fingerprint density at radius 3 is 2.28 bits per heavy atom. The van der Waals surface area contributed by atoms with Crippen molar-refractivity contribution < 1.29 is 16.8 Å². The molecule has 0 spiro atoms. The molecule has 5 nitrogen and oxygen atoms in total. The van der Waals surface area contributed by atoms with Crippen molar-refractivity contribution in [3.05, 3.63) is 34.3 Å². The lowest BCUT2D eigenvalue weighted by molar-refractivity contribution is 0.578. The van der Waals surface area contributed by atoms with Gasteiger partial charge >= 0.3 is 0 Å². The fourth-order valence-electron chi connectivity index (χ4n) is 1.16. The van der Waals surface area contributed by atoms with E-state index in [0.717, 1.165) is 16.3 Å². The summed E-state index contributed by atoms with van der Waals surface area (Å²) in [4.78, 5) is 0. The summed E-state index contributed by atoms with van der Waals surface area (Å²) in [6.45, 7) is 0.132. The molecule has 0 atom stereocenters. The van der Waals surface area contributed by atoms with Gasteiger partial charge in [0.15, 0.2) is 0 Å². The molecule has 0 bridgehead atoms. The van der Waals surface area contributed by atoms with Crippen LogP contribution in [0.2, 0.25) is 0 Å². The van der Waals surface area contributed by atoms with Gasteiger partial charge in [-0.25, -0.2) is 21.6 Å². The molecule has 1 aromatic carbocycles. The highest BCUT2D eigenvalue weighted by atomic mass is 79.9. The van der Waals surface area contributed by atoms with Crippen LogP contribution in [-0.4, -0.2) is 34.6 Å². The predicted molar refractivity (Wildman–Crippen MR) is 74.5 cm³/mol. The zero-order chi connectivity index (χ0) is 13.8. The average molecular weight is 356 g/mol. The van der Waals surface area contributed by atoms with Crippen molar-refractivity contribution in [1.29, 1.82) is 0 Å². The van der Waals surface area contributed by atoms with Crippen molar-refractivity contribution in [2.24, 2.45) is 0 Å². The number of nitrogens with one attached hydrogen (secondary N) is 1. The van der Waals surface area contributed by atoms with Gasteiger partial charge in [-0.2, -0.15) is 0 Å². The molecule has 1 aromatic rings. The average Bonchev–Trinajstić information content (AvgIpc) is 2.25. The van der Waals surface area contributed by atoms with Gasteiger partial charge in [-0.1, -0.05) is 34.1 Å². The van der Waals surface area contributed by atoms with Crippen molar-refractivity contribution in [3.63, 3.8) is 0 Å². The smallest absolute Gasteiger partial charge is 0.212 e. The second kappa shape index (κ2) is 6.14. The number of sulfonamides is 1. The van der Waals surface area contributed by atoms with E-state index in [1.54, 1.807) is 18.2 Å². The summed E-state index contributed by atoms with van der Waals surface area (Å²) in [5, 5.41) is 0. The van der Waals surface area contributed by atoms with E-state index in [2.05, 4.69) is 20.7 Å². The maximum atomic E-state index is 11.6. The summed E-state index contributed by atoms with van der Waals surface area (Å²) in [6, 6.07) is 7.21. The molecule has 1 rings (SSSR count). The summed E-state index contributed by atoms with van der Waals surface area (Å²) >= 11 is 3.30. The molecular formula is C10H14BrNO4S2. The Kier molecular flexibility index (Phi) is 5.32. The van der Waals surface area contributed by atoms with Crippen LogP contribution < -0.4 is 4.72 Å². The first-order valence-electron chi connectivity index (χ1n) is 5.08. The first kappa shape index (κ1) is 15.6. The van der Waals surface area contributed by atoms with Crippen LogP contribution in [-0.2, 0) is 26.4 Å². The normalized spacial score (nSPS) is 12.6. The van der Waals surface area contributed by atoms with Crippen molar-refractivity contribution in [1.82, 2.24) is 4.72 Å². The standard InChI is InChI=1S/C10H14BrNO4S2/c1-17(13,14)6-7-18(15,16)12-8-9-4-2-3-5-10(9)11/h2-5,12H,6-8H2,1H3. The minimum absolute atomic E-state index is 0.132. The Bertz CT molecular complexity index is 611. The monoisotopic (exact) mass is 355 g/mol. The topological polar surface area (TPSA) is 80.3 Å². The molecule has 8 heteroatoms. The van der Waals surface area contributed by atoms with Gasteiger partial charge in [-0.05, 0) is 11.6 Å². The van der Waals surface area contributed by atoms with Gasteiger partial charge in [-0.15, -0.1) is 0 Å². The van der Waals surface area contributed by atoms with Crippen LogP contribution in [0.25, 0.3) is 0 Å². The van der Waals surface area contributed by atoms with Gasteiger partial charge in [0, 0.05) is 17.3 Å². The predicted octanol–water partition coefficient (Wildman–Crippen LogP) is 0.913. The van der Waals surface area contributed by atoms with Crippen LogP contribution in [0.5, 0.6) is 0 Å². The van der Waals surface area contributed by atoms with Crippen LogP contribution in [0.15, 0.2) is 28.7 Å². The summed E-state index contributed by atoms with van der Waals surface area (Å²) in [5.41, 5.74) is 0.792. The van der Waals surface area contributed by atoms with Gasteiger partial charge in [0.2, 0.25) is 10.0 Å². The number of benzene rings is 1. The second-order valence-corrected chi connectivity index (χ2v) is 8.90. The van der Waals surface area contributed by atoms with Crippen molar-refractivity contribution in [2.45, 2.75) is 6.54 Å².